The largest absolute Gasteiger partial charge is 0.494 e. The van der Waals surface area contributed by atoms with E-state index < -0.39 is 0 Å². The summed E-state index contributed by atoms with van der Waals surface area (Å²) in [6, 6.07) is 16.6. The van der Waals surface area contributed by atoms with Crippen molar-refractivity contribution in [2.45, 2.75) is 45.4 Å². The fourth-order valence-corrected chi connectivity index (χ4v) is 2.75. The Bertz CT molecular complexity index is 682. The average molecular weight is 309 g/mol. The van der Waals surface area contributed by atoms with Crippen LogP contribution in [0.5, 0.6) is 0 Å². The molecule has 3 nitrogen and oxygen atoms in total. The lowest BCUT2D eigenvalue weighted by Crippen LogP contribution is -2.41. The molecule has 0 spiro atoms. The maximum absolute atomic E-state index is 6.18. The predicted octanol–water partition coefficient (Wildman–Crippen LogP) is 3.11. The predicted molar refractivity (Wildman–Crippen MR) is 95.5 cm³/mol. The van der Waals surface area contributed by atoms with Gasteiger partial charge in [-0.3, -0.25) is 0 Å². The van der Waals surface area contributed by atoms with E-state index in [9.17, 15) is 0 Å². The summed E-state index contributed by atoms with van der Waals surface area (Å²) in [4.78, 5) is 0. The molecule has 2 aromatic rings. The molecule has 2 N–H and O–H groups in total. The van der Waals surface area contributed by atoms with Crippen molar-refractivity contribution < 1.29 is 9.31 Å². The number of nitrogens with two attached hydrogens (primary N) is 1. The number of rotatable bonds is 3. The molecule has 3 rings (SSSR count). The number of benzene rings is 2. The molecule has 0 unspecified atom stereocenters. The fraction of sp³-hybridized carbons (Fsp3) is 0.368. The van der Waals surface area contributed by atoms with E-state index in [4.69, 9.17) is 15.0 Å². The van der Waals surface area contributed by atoms with Crippen molar-refractivity contribution in [3.63, 3.8) is 0 Å². The van der Waals surface area contributed by atoms with Gasteiger partial charge in [0.1, 0.15) is 0 Å². The van der Waals surface area contributed by atoms with Crippen molar-refractivity contribution >= 4 is 12.6 Å². The Hall–Kier alpha value is -1.62. The summed E-state index contributed by atoms with van der Waals surface area (Å²) in [7, 11) is -0.367. The van der Waals surface area contributed by atoms with Crippen LogP contribution >= 0.6 is 0 Å². The van der Waals surface area contributed by atoms with Crippen LogP contribution in [0.4, 0.5) is 0 Å². The summed E-state index contributed by atoms with van der Waals surface area (Å²) < 4.78 is 12.4. The molecular formula is C19H24BNO2. The number of hydrogen-bond acceptors (Lipinski definition) is 3. The van der Waals surface area contributed by atoms with Crippen molar-refractivity contribution in [2.75, 3.05) is 0 Å². The van der Waals surface area contributed by atoms with Gasteiger partial charge in [-0.25, -0.2) is 0 Å². The monoisotopic (exact) mass is 309 g/mol. The van der Waals surface area contributed by atoms with E-state index in [0.29, 0.717) is 6.54 Å². The van der Waals surface area contributed by atoms with Gasteiger partial charge in [-0.05, 0) is 55.9 Å². The molecule has 0 aromatic heterocycles. The van der Waals surface area contributed by atoms with Gasteiger partial charge in [-0.15, -0.1) is 0 Å². The van der Waals surface area contributed by atoms with Gasteiger partial charge in [0.05, 0.1) is 11.2 Å². The fourth-order valence-electron chi connectivity index (χ4n) is 2.75. The van der Waals surface area contributed by atoms with Crippen LogP contribution in [0.25, 0.3) is 11.1 Å². The van der Waals surface area contributed by atoms with E-state index >= 15 is 0 Å². The van der Waals surface area contributed by atoms with Crippen molar-refractivity contribution in [1.82, 2.24) is 0 Å². The first-order valence-corrected chi connectivity index (χ1v) is 8.07. The third kappa shape index (κ3) is 3.07. The van der Waals surface area contributed by atoms with Crippen LogP contribution in [0.15, 0.2) is 48.5 Å². The molecule has 23 heavy (non-hydrogen) atoms. The van der Waals surface area contributed by atoms with E-state index in [1.54, 1.807) is 0 Å². The first-order chi connectivity index (χ1) is 10.8. The van der Waals surface area contributed by atoms with E-state index in [2.05, 4.69) is 58.0 Å². The minimum atomic E-state index is -0.367. The van der Waals surface area contributed by atoms with E-state index in [1.165, 1.54) is 5.56 Å². The van der Waals surface area contributed by atoms with Gasteiger partial charge in [0.15, 0.2) is 0 Å². The van der Waals surface area contributed by atoms with Gasteiger partial charge in [-0.2, -0.15) is 0 Å². The second-order valence-corrected chi connectivity index (χ2v) is 7.12. The molecule has 1 aliphatic heterocycles. The summed E-state index contributed by atoms with van der Waals surface area (Å²) in [6.45, 7) is 8.76. The smallest absolute Gasteiger partial charge is 0.399 e. The molecule has 0 bridgehead atoms. The van der Waals surface area contributed by atoms with Gasteiger partial charge < -0.3 is 15.0 Å². The van der Waals surface area contributed by atoms with Crippen LogP contribution < -0.4 is 11.2 Å². The quantitative estimate of drug-likeness (QED) is 0.886. The van der Waals surface area contributed by atoms with Crippen LogP contribution in [0.2, 0.25) is 0 Å². The van der Waals surface area contributed by atoms with Crippen LogP contribution in [0.3, 0.4) is 0 Å². The van der Waals surface area contributed by atoms with E-state index in [-0.39, 0.29) is 18.3 Å². The normalized spacial score (nSPS) is 19.1. The van der Waals surface area contributed by atoms with Crippen LogP contribution in [-0.4, -0.2) is 18.3 Å². The lowest BCUT2D eigenvalue weighted by atomic mass is 9.77. The number of hydrogen-bond donors (Lipinski definition) is 1. The van der Waals surface area contributed by atoms with Crippen molar-refractivity contribution in [3.05, 3.63) is 54.1 Å². The highest BCUT2D eigenvalue weighted by Gasteiger charge is 2.51. The first kappa shape index (κ1) is 16.3. The SMILES string of the molecule is CC1(C)OB(c2cc(CN)cc(-c3ccccc3)c2)OC1(C)C. The molecular weight excluding hydrogens is 285 g/mol. The highest BCUT2D eigenvalue weighted by Crippen LogP contribution is 2.36. The summed E-state index contributed by atoms with van der Waals surface area (Å²) in [5, 5.41) is 0. The maximum Gasteiger partial charge on any atom is 0.494 e. The van der Waals surface area contributed by atoms with Gasteiger partial charge in [0.25, 0.3) is 0 Å². The third-order valence-corrected chi connectivity index (χ3v) is 4.88. The minimum absolute atomic E-state index is 0.344. The summed E-state index contributed by atoms with van der Waals surface area (Å²) >= 11 is 0. The molecule has 1 aliphatic rings. The van der Waals surface area contributed by atoms with Gasteiger partial charge >= 0.3 is 7.12 Å². The second kappa shape index (κ2) is 5.79. The molecule has 0 saturated carbocycles. The second-order valence-electron chi connectivity index (χ2n) is 7.12. The standard InChI is InChI=1S/C19H24BNO2/c1-18(2)19(3,4)23-20(22-18)17-11-14(13-21)10-16(12-17)15-8-6-5-7-9-15/h5-12H,13,21H2,1-4H3. The summed E-state index contributed by atoms with van der Waals surface area (Å²) in [5.74, 6) is 0. The minimum Gasteiger partial charge on any atom is -0.399 e. The van der Waals surface area contributed by atoms with Crippen molar-refractivity contribution in [3.8, 4) is 11.1 Å². The molecule has 1 saturated heterocycles. The molecule has 0 aliphatic carbocycles. The molecule has 2 aromatic carbocycles. The summed E-state index contributed by atoms with van der Waals surface area (Å²) in [5.41, 5.74) is 9.60. The molecule has 1 fully saturated rings. The lowest BCUT2D eigenvalue weighted by molar-refractivity contribution is 0.00578. The van der Waals surface area contributed by atoms with Crippen LogP contribution in [0, 0.1) is 0 Å². The molecule has 120 valence electrons. The Morgan fingerprint density at radius 2 is 1.48 bits per heavy atom. The topological polar surface area (TPSA) is 44.5 Å². The van der Waals surface area contributed by atoms with Gasteiger partial charge in [0.2, 0.25) is 0 Å². The Balaban J connectivity index is 2.01. The molecule has 4 heteroatoms. The van der Waals surface area contributed by atoms with Crippen LogP contribution in [-0.2, 0) is 15.9 Å². The zero-order valence-electron chi connectivity index (χ0n) is 14.3. The highest BCUT2D eigenvalue weighted by molar-refractivity contribution is 6.62. The Morgan fingerprint density at radius 1 is 0.870 bits per heavy atom. The first-order valence-electron chi connectivity index (χ1n) is 8.07. The maximum atomic E-state index is 6.18. The highest BCUT2D eigenvalue weighted by atomic mass is 16.7. The Labute approximate surface area is 138 Å². The Morgan fingerprint density at radius 3 is 2.04 bits per heavy atom. The zero-order chi connectivity index (χ0) is 16.7. The molecule has 1 heterocycles. The molecule has 0 amide bonds. The zero-order valence-corrected chi connectivity index (χ0v) is 14.3. The molecule has 0 radical (unpaired) electrons. The van der Waals surface area contributed by atoms with E-state index in [1.807, 2.05) is 18.2 Å². The van der Waals surface area contributed by atoms with Gasteiger partial charge in [-0.1, -0.05) is 42.5 Å². The average Bonchev–Trinajstić information content (AvgIpc) is 2.76. The summed E-state index contributed by atoms with van der Waals surface area (Å²) in [6.07, 6.45) is 0. The van der Waals surface area contributed by atoms with Crippen molar-refractivity contribution in [2.24, 2.45) is 5.73 Å². The van der Waals surface area contributed by atoms with Crippen LogP contribution in [0.1, 0.15) is 33.3 Å². The van der Waals surface area contributed by atoms with Crippen molar-refractivity contribution in [1.29, 1.82) is 0 Å². The third-order valence-electron chi connectivity index (χ3n) is 4.88. The van der Waals surface area contributed by atoms with E-state index in [0.717, 1.165) is 16.6 Å². The van der Waals surface area contributed by atoms with Gasteiger partial charge in [0, 0.05) is 6.54 Å². The lowest BCUT2D eigenvalue weighted by Gasteiger charge is -2.32. The Kier molecular flexibility index (Phi) is 4.09. The molecule has 0 atom stereocenters.